The van der Waals surface area contributed by atoms with Crippen molar-refractivity contribution in [2.75, 3.05) is 13.1 Å². The lowest BCUT2D eigenvalue weighted by atomic mass is 10.4. The predicted octanol–water partition coefficient (Wildman–Crippen LogP) is -1.24. The highest BCUT2D eigenvalue weighted by atomic mass is 16.2. The molecular weight excluding hydrogens is 198 g/mol. The molecule has 3 N–H and O–H groups in total. The van der Waals surface area contributed by atoms with Gasteiger partial charge in [-0.15, -0.1) is 0 Å². The molecule has 86 valence electrons. The van der Waals surface area contributed by atoms with Crippen LogP contribution in [0.25, 0.3) is 0 Å². The minimum Gasteiger partial charge on any atom is -0.355 e. The molecule has 0 atom stereocenters. The largest absolute Gasteiger partial charge is 0.355 e. The van der Waals surface area contributed by atoms with Gasteiger partial charge in [-0.05, 0) is 13.8 Å². The van der Waals surface area contributed by atoms with Gasteiger partial charge in [-0.25, -0.2) is 0 Å². The Labute approximate surface area is 88.8 Å². The van der Waals surface area contributed by atoms with Gasteiger partial charge in [0, 0.05) is 26.1 Å². The quantitative estimate of drug-likeness (QED) is 0.405. The van der Waals surface area contributed by atoms with Gasteiger partial charge >= 0.3 is 11.8 Å². The Hall–Kier alpha value is -1.59. The van der Waals surface area contributed by atoms with Crippen LogP contribution in [-0.2, 0) is 14.4 Å². The Morgan fingerprint density at radius 3 is 2.00 bits per heavy atom. The summed E-state index contributed by atoms with van der Waals surface area (Å²) in [5, 5.41) is 7.33. The molecule has 0 bridgehead atoms. The molecule has 0 aromatic heterocycles. The molecule has 0 saturated carbocycles. The van der Waals surface area contributed by atoms with Crippen LogP contribution in [0.2, 0.25) is 0 Å². The van der Waals surface area contributed by atoms with Crippen LogP contribution in [0.15, 0.2) is 0 Å². The van der Waals surface area contributed by atoms with Crippen molar-refractivity contribution in [2.24, 2.45) is 0 Å². The van der Waals surface area contributed by atoms with Crippen LogP contribution in [0.4, 0.5) is 0 Å². The molecule has 6 heteroatoms. The highest BCUT2D eigenvalue weighted by Crippen LogP contribution is 1.77. The fourth-order valence-electron chi connectivity index (χ4n) is 0.823. The summed E-state index contributed by atoms with van der Waals surface area (Å²) in [5.74, 6) is -1.52. The van der Waals surface area contributed by atoms with Crippen LogP contribution in [-0.4, -0.2) is 36.9 Å². The number of amides is 3. The summed E-state index contributed by atoms with van der Waals surface area (Å²) in [6, 6.07) is -0.0707. The SMILES string of the molecule is CC(=O)NCCNC(=O)C(=O)NC(C)C. The topological polar surface area (TPSA) is 87.3 Å². The first kappa shape index (κ1) is 13.4. The van der Waals surface area contributed by atoms with Crippen molar-refractivity contribution in [3.8, 4) is 0 Å². The molecule has 3 amide bonds. The molecule has 0 unspecified atom stereocenters. The van der Waals surface area contributed by atoms with Crippen molar-refractivity contribution >= 4 is 17.7 Å². The standard InChI is InChI=1S/C9H17N3O3/c1-6(2)12-9(15)8(14)11-5-4-10-7(3)13/h6H,4-5H2,1-3H3,(H,10,13)(H,11,14)(H,12,15). The summed E-state index contributed by atoms with van der Waals surface area (Å²) in [6.07, 6.45) is 0. The number of hydrogen-bond acceptors (Lipinski definition) is 3. The van der Waals surface area contributed by atoms with Gasteiger partial charge in [-0.1, -0.05) is 0 Å². The van der Waals surface area contributed by atoms with Gasteiger partial charge < -0.3 is 16.0 Å². The Balaban J connectivity index is 3.65. The summed E-state index contributed by atoms with van der Waals surface area (Å²) < 4.78 is 0. The number of rotatable bonds is 4. The zero-order chi connectivity index (χ0) is 11.8. The van der Waals surface area contributed by atoms with Crippen LogP contribution in [0.1, 0.15) is 20.8 Å². The maximum atomic E-state index is 11.1. The number of carbonyl (C=O) groups is 3. The third kappa shape index (κ3) is 7.48. The van der Waals surface area contributed by atoms with Gasteiger partial charge in [-0.2, -0.15) is 0 Å². The van der Waals surface area contributed by atoms with E-state index in [4.69, 9.17) is 0 Å². The van der Waals surface area contributed by atoms with Gasteiger partial charge in [0.05, 0.1) is 0 Å². The minimum atomic E-state index is -0.686. The molecule has 0 aromatic carbocycles. The maximum Gasteiger partial charge on any atom is 0.309 e. The van der Waals surface area contributed by atoms with Gasteiger partial charge in [0.25, 0.3) is 0 Å². The molecule has 0 heterocycles. The maximum absolute atomic E-state index is 11.1. The lowest BCUT2D eigenvalue weighted by molar-refractivity contribution is -0.139. The van der Waals surface area contributed by atoms with Crippen molar-refractivity contribution in [1.82, 2.24) is 16.0 Å². The predicted molar refractivity (Wildman–Crippen MR) is 55.0 cm³/mol. The summed E-state index contributed by atoms with van der Waals surface area (Å²) in [7, 11) is 0. The van der Waals surface area contributed by atoms with Gasteiger partial charge in [0.15, 0.2) is 0 Å². The zero-order valence-electron chi connectivity index (χ0n) is 9.22. The van der Waals surface area contributed by atoms with Gasteiger partial charge in [0.2, 0.25) is 5.91 Å². The fourth-order valence-corrected chi connectivity index (χ4v) is 0.823. The lowest BCUT2D eigenvalue weighted by Gasteiger charge is -2.08. The van der Waals surface area contributed by atoms with Crippen LogP contribution < -0.4 is 16.0 Å². The van der Waals surface area contributed by atoms with E-state index in [9.17, 15) is 14.4 Å². The Kier molecular flexibility index (Phi) is 6.08. The van der Waals surface area contributed by atoms with Crippen molar-refractivity contribution in [1.29, 1.82) is 0 Å². The van der Waals surface area contributed by atoms with E-state index in [-0.39, 0.29) is 18.5 Å². The van der Waals surface area contributed by atoms with Gasteiger partial charge in [0.1, 0.15) is 0 Å². The van der Waals surface area contributed by atoms with E-state index >= 15 is 0 Å². The van der Waals surface area contributed by atoms with E-state index in [2.05, 4.69) is 16.0 Å². The lowest BCUT2D eigenvalue weighted by Crippen LogP contribution is -2.44. The molecule has 0 radical (unpaired) electrons. The van der Waals surface area contributed by atoms with Crippen LogP contribution in [0, 0.1) is 0 Å². The molecule has 0 aromatic rings. The second-order valence-electron chi connectivity index (χ2n) is 3.37. The molecule has 6 nitrogen and oxygen atoms in total. The zero-order valence-corrected chi connectivity index (χ0v) is 9.22. The van der Waals surface area contributed by atoms with Crippen LogP contribution in [0.3, 0.4) is 0 Å². The molecule has 0 aliphatic rings. The molecule has 15 heavy (non-hydrogen) atoms. The molecule has 0 spiro atoms. The van der Waals surface area contributed by atoms with Gasteiger partial charge in [-0.3, -0.25) is 14.4 Å². The number of hydrogen-bond donors (Lipinski definition) is 3. The van der Waals surface area contributed by atoms with Crippen molar-refractivity contribution < 1.29 is 14.4 Å². The average molecular weight is 215 g/mol. The third-order valence-corrected chi connectivity index (χ3v) is 1.41. The summed E-state index contributed by atoms with van der Waals surface area (Å²) in [5.41, 5.74) is 0. The molecule has 0 saturated heterocycles. The Bertz CT molecular complexity index is 251. The van der Waals surface area contributed by atoms with Crippen LogP contribution in [0.5, 0.6) is 0 Å². The molecular formula is C9H17N3O3. The highest BCUT2D eigenvalue weighted by Gasteiger charge is 2.12. The summed E-state index contributed by atoms with van der Waals surface area (Å²) in [6.45, 7) is 5.47. The second-order valence-corrected chi connectivity index (χ2v) is 3.37. The number of carbonyl (C=O) groups excluding carboxylic acids is 3. The second kappa shape index (κ2) is 6.80. The average Bonchev–Trinajstić information content (AvgIpc) is 2.10. The fraction of sp³-hybridized carbons (Fsp3) is 0.667. The summed E-state index contributed by atoms with van der Waals surface area (Å²) in [4.78, 5) is 32.6. The van der Waals surface area contributed by atoms with E-state index < -0.39 is 11.8 Å². The Morgan fingerprint density at radius 2 is 1.53 bits per heavy atom. The molecule has 0 rings (SSSR count). The smallest absolute Gasteiger partial charge is 0.309 e. The van der Waals surface area contributed by atoms with E-state index in [1.165, 1.54) is 6.92 Å². The highest BCUT2D eigenvalue weighted by molar-refractivity contribution is 6.35. The van der Waals surface area contributed by atoms with E-state index in [1.807, 2.05) is 0 Å². The van der Waals surface area contributed by atoms with Crippen LogP contribution >= 0.6 is 0 Å². The molecule has 0 fully saturated rings. The first-order valence-corrected chi connectivity index (χ1v) is 4.76. The number of nitrogens with one attached hydrogen (secondary N) is 3. The Morgan fingerprint density at radius 1 is 1.00 bits per heavy atom. The first-order chi connectivity index (χ1) is 6.93. The monoisotopic (exact) mass is 215 g/mol. The normalized spacial score (nSPS) is 9.60. The first-order valence-electron chi connectivity index (χ1n) is 4.76. The third-order valence-electron chi connectivity index (χ3n) is 1.41. The van der Waals surface area contributed by atoms with Crippen molar-refractivity contribution in [3.05, 3.63) is 0 Å². The van der Waals surface area contributed by atoms with E-state index in [0.717, 1.165) is 0 Å². The van der Waals surface area contributed by atoms with E-state index in [1.54, 1.807) is 13.8 Å². The van der Waals surface area contributed by atoms with Crippen molar-refractivity contribution in [2.45, 2.75) is 26.8 Å². The molecule has 0 aliphatic heterocycles. The summed E-state index contributed by atoms with van der Waals surface area (Å²) >= 11 is 0. The minimum absolute atomic E-state index is 0.0707. The molecule has 0 aliphatic carbocycles. The van der Waals surface area contributed by atoms with E-state index in [0.29, 0.717) is 6.54 Å². The van der Waals surface area contributed by atoms with Crippen molar-refractivity contribution in [3.63, 3.8) is 0 Å².